The summed E-state index contributed by atoms with van der Waals surface area (Å²) in [5.74, 6) is 0.544. The van der Waals surface area contributed by atoms with E-state index in [1.54, 1.807) is 18.2 Å². The van der Waals surface area contributed by atoms with Crippen LogP contribution in [0.1, 0.15) is 63.2 Å². The standard InChI is InChI=1S/C19H25N3O3/c1-19(2)17(22-18(24)21-13-6-4-3-5-7-13)16(23)14-10-12(11-20)8-9-15(14)25-19/h8-10,13,16-17,23H,3-7H2,1-2H3,(H2,21,22,24). The minimum absolute atomic E-state index is 0.191. The van der Waals surface area contributed by atoms with E-state index in [0.717, 1.165) is 25.7 Å². The van der Waals surface area contributed by atoms with Crippen molar-refractivity contribution in [3.63, 3.8) is 0 Å². The highest BCUT2D eigenvalue weighted by atomic mass is 16.5. The minimum atomic E-state index is -0.941. The van der Waals surface area contributed by atoms with Crippen LogP contribution in [-0.2, 0) is 0 Å². The molecular formula is C19H25N3O3. The molecule has 1 aliphatic carbocycles. The number of carbonyl (C=O) groups is 1. The van der Waals surface area contributed by atoms with Gasteiger partial charge < -0.3 is 20.5 Å². The Kier molecular flexibility index (Phi) is 4.87. The normalized spacial score (nSPS) is 25.2. The van der Waals surface area contributed by atoms with Crippen LogP contribution in [0.15, 0.2) is 18.2 Å². The summed E-state index contributed by atoms with van der Waals surface area (Å²) in [7, 11) is 0. The van der Waals surface area contributed by atoms with Crippen molar-refractivity contribution >= 4 is 6.03 Å². The second-order valence-electron chi connectivity index (χ2n) is 7.45. The van der Waals surface area contributed by atoms with Crippen molar-refractivity contribution in [2.45, 2.75) is 69.7 Å². The number of carbonyl (C=O) groups excluding carboxylic acids is 1. The van der Waals surface area contributed by atoms with Gasteiger partial charge in [0.05, 0.1) is 17.7 Å². The van der Waals surface area contributed by atoms with E-state index < -0.39 is 17.7 Å². The first-order valence-corrected chi connectivity index (χ1v) is 8.89. The Bertz CT molecular complexity index is 690. The van der Waals surface area contributed by atoms with Crippen molar-refractivity contribution in [2.24, 2.45) is 0 Å². The van der Waals surface area contributed by atoms with Gasteiger partial charge >= 0.3 is 6.03 Å². The molecule has 3 N–H and O–H groups in total. The molecule has 1 heterocycles. The number of amides is 2. The van der Waals surface area contributed by atoms with Gasteiger partial charge in [0.2, 0.25) is 0 Å². The topological polar surface area (TPSA) is 94.4 Å². The number of fused-ring (bicyclic) bond motifs is 1. The number of urea groups is 1. The lowest BCUT2D eigenvalue weighted by Gasteiger charge is -2.43. The largest absolute Gasteiger partial charge is 0.485 e. The lowest BCUT2D eigenvalue weighted by molar-refractivity contribution is -0.0230. The summed E-state index contributed by atoms with van der Waals surface area (Å²) in [6.07, 6.45) is 4.54. The average molecular weight is 343 g/mol. The highest BCUT2D eigenvalue weighted by Gasteiger charge is 2.44. The van der Waals surface area contributed by atoms with Crippen LogP contribution in [0, 0.1) is 11.3 Å². The Labute approximate surface area is 148 Å². The molecule has 1 aromatic carbocycles. The molecule has 1 fully saturated rings. The van der Waals surface area contributed by atoms with Gasteiger partial charge in [0, 0.05) is 11.6 Å². The summed E-state index contributed by atoms with van der Waals surface area (Å²) in [6.45, 7) is 3.67. The third-order valence-corrected chi connectivity index (χ3v) is 5.12. The van der Waals surface area contributed by atoms with Gasteiger partial charge in [0.1, 0.15) is 17.5 Å². The lowest BCUT2D eigenvalue weighted by Crippen LogP contribution is -2.60. The minimum Gasteiger partial charge on any atom is -0.485 e. The summed E-state index contributed by atoms with van der Waals surface area (Å²) < 4.78 is 5.98. The first-order valence-electron chi connectivity index (χ1n) is 8.89. The van der Waals surface area contributed by atoms with Crippen molar-refractivity contribution < 1.29 is 14.6 Å². The molecule has 1 aliphatic heterocycles. The molecule has 0 spiro atoms. The number of nitrogens with zero attached hydrogens (tertiary/aromatic N) is 1. The molecule has 2 unspecified atom stereocenters. The highest BCUT2D eigenvalue weighted by Crippen LogP contribution is 2.40. The maximum atomic E-state index is 12.4. The van der Waals surface area contributed by atoms with Crippen LogP contribution in [0.5, 0.6) is 5.75 Å². The van der Waals surface area contributed by atoms with Crippen LogP contribution in [0.2, 0.25) is 0 Å². The van der Waals surface area contributed by atoms with Gasteiger partial charge in [-0.05, 0) is 44.9 Å². The zero-order valence-corrected chi connectivity index (χ0v) is 14.7. The fraction of sp³-hybridized carbons (Fsp3) is 0.579. The van der Waals surface area contributed by atoms with Gasteiger partial charge in [-0.3, -0.25) is 0 Å². The SMILES string of the molecule is CC1(C)Oc2ccc(C#N)cc2C(O)C1NC(=O)NC1CCCCC1. The molecule has 0 radical (unpaired) electrons. The molecule has 2 atom stereocenters. The molecule has 2 amide bonds. The van der Waals surface area contributed by atoms with E-state index in [9.17, 15) is 9.90 Å². The van der Waals surface area contributed by atoms with Crippen LogP contribution in [0.3, 0.4) is 0 Å². The van der Waals surface area contributed by atoms with Crippen molar-refractivity contribution in [2.75, 3.05) is 0 Å². The summed E-state index contributed by atoms with van der Waals surface area (Å²) >= 11 is 0. The first-order chi connectivity index (χ1) is 11.9. The predicted octanol–water partition coefficient (Wildman–Crippen LogP) is 2.76. The van der Waals surface area contributed by atoms with Crippen LogP contribution in [0.4, 0.5) is 4.79 Å². The van der Waals surface area contributed by atoms with E-state index in [2.05, 4.69) is 16.7 Å². The van der Waals surface area contributed by atoms with Gasteiger partial charge in [-0.2, -0.15) is 5.26 Å². The molecular weight excluding hydrogens is 318 g/mol. The molecule has 0 bridgehead atoms. The molecule has 6 heteroatoms. The van der Waals surface area contributed by atoms with Crippen LogP contribution >= 0.6 is 0 Å². The fourth-order valence-electron chi connectivity index (χ4n) is 3.72. The summed E-state index contributed by atoms with van der Waals surface area (Å²) in [5.41, 5.74) is 0.206. The van der Waals surface area contributed by atoms with E-state index >= 15 is 0 Å². The highest BCUT2D eigenvalue weighted by molar-refractivity contribution is 5.75. The number of hydrogen-bond donors (Lipinski definition) is 3. The number of nitrogens with one attached hydrogen (secondary N) is 2. The average Bonchev–Trinajstić information content (AvgIpc) is 2.59. The lowest BCUT2D eigenvalue weighted by atomic mass is 9.85. The Morgan fingerprint density at radius 1 is 1.28 bits per heavy atom. The fourth-order valence-corrected chi connectivity index (χ4v) is 3.72. The molecule has 6 nitrogen and oxygen atoms in total. The molecule has 3 rings (SSSR count). The Morgan fingerprint density at radius 2 is 2.00 bits per heavy atom. The van der Waals surface area contributed by atoms with E-state index in [1.807, 2.05) is 13.8 Å². The summed E-state index contributed by atoms with van der Waals surface area (Å²) in [5, 5.41) is 25.7. The third kappa shape index (κ3) is 3.72. The molecule has 134 valence electrons. The number of rotatable bonds is 2. The van der Waals surface area contributed by atoms with Gasteiger partial charge in [0.15, 0.2) is 0 Å². The number of aliphatic hydroxyl groups is 1. The summed E-state index contributed by atoms with van der Waals surface area (Å²) in [6, 6.07) is 6.32. The molecule has 25 heavy (non-hydrogen) atoms. The quantitative estimate of drug-likeness (QED) is 0.769. The molecule has 0 saturated heterocycles. The van der Waals surface area contributed by atoms with E-state index in [-0.39, 0.29) is 12.1 Å². The molecule has 1 saturated carbocycles. The zero-order chi connectivity index (χ0) is 18.0. The van der Waals surface area contributed by atoms with Gasteiger partial charge in [0.25, 0.3) is 0 Å². The van der Waals surface area contributed by atoms with E-state index in [4.69, 9.17) is 10.00 Å². The Hall–Kier alpha value is -2.26. The van der Waals surface area contributed by atoms with Crippen LogP contribution in [-0.4, -0.2) is 28.8 Å². The van der Waals surface area contributed by atoms with Gasteiger partial charge in [-0.1, -0.05) is 19.3 Å². The van der Waals surface area contributed by atoms with Crippen molar-refractivity contribution in [1.82, 2.24) is 10.6 Å². The van der Waals surface area contributed by atoms with Crippen molar-refractivity contribution in [3.8, 4) is 11.8 Å². The first kappa shape index (κ1) is 17.6. The zero-order valence-electron chi connectivity index (χ0n) is 14.7. The number of hydrogen-bond acceptors (Lipinski definition) is 4. The Balaban J connectivity index is 1.75. The Morgan fingerprint density at radius 3 is 2.68 bits per heavy atom. The van der Waals surface area contributed by atoms with Gasteiger partial charge in [-0.15, -0.1) is 0 Å². The second kappa shape index (κ2) is 6.93. The maximum absolute atomic E-state index is 12.4. The number of aliphatic hydroxyl groups excluding tert-OH is 1. The number of nitriles is 1. The van der Waals surface area contributed by atoms with Crippen molar-refractivity contribution in [1.29, 1.82) is 5.26 Å². The predicted molar refractivity (Wildman–Crippen MR) is 93.2 cm³/mol. The maximum Gasteiger partial charge on any atom is 0.315 e. The van der Waals surface area contributed by atoms with Crippen molar-refractivity contribution in [3.05, 3.63) is 29.3 Å². The number of ether oxygens (including phenoxy) is 1. The van der Waals surface area contributed by atoms with Crippen LogP contribution < -0.4 is 15.4 Å². The summed E-state index contributed by atoms with van der Waals surface area (Å²) in [4.78, 5) is 12.4. The molecule has 2 aliphatic rings. The monoisotopic (exact) mass is 343 g/mol. The van der Waals surface area contributed by atoms with E-state index in [1.165, 1.54) is 6.42 Å². The number of benzene rings is 1. The third-order valence-electron chi connectivity index (χ3n) is 5.12. The van der Waals surface area contributed by atoms with E-state index in [0.29, 0.717) is 16.9 Å². The molecule has 1 aromatic rings. The van der Waals surface area contributed by atoms with Gasteiger partial charge in [-0.25, -0.2) is 4.79 Å². The van der Waals surface area contributed by atoms with Crippen LogP contribution in [0.25, 0.3) is 0 Å². The molecule has 0 aromatic heterocycles. The second-order valence-corrected chi connectivity index (χ2v) is 7.45. The smallest absolute Gasteiger partial charge is 0.315 e.